The van der Waals surface area contributed by atoms with Crippen LogP contribution in [0.15, 0.2) is 54.9 Å². The number of hydrogen-bond donors (Lipinski definition) is 1. The maximum atomic E-state index is 13.5. The van der Waals surface area contributed by atoms with Crippen molar-refractivity contribution in [3.8, 4) is 0 Å². The van der Waals surface area contributed by atoms with E-state index < -0.39 is 29.5 Å². The fraction of sp³-hybridized carbons (Fsp3) is 0.273. The molecule has 2 aliphatic heterocycles. The van der Waals surface area contributed by atoms with Crippen LogP contribution in [-0.2, 0) is 17.3 Å². The summed E-state index contributed by atoms with van der Waals surface area (Å²) in [7, 11) is 1.46. The molecule has 5 rings (SSSR count). The maximum absolute atomic E-state index is 13.5. The smallest absolute Gasteiger partial charge is 0.282 e. The number of aromatic nitrogens is 3. The molecule has 0 bridgehead atoms. The van der Waals surface area contributed by atoms with Gasteiger partial charge in [0.1, 0.15) is 16.8 Å². The number of carbonyl (C=O) groups is 2. The van der Waals surface area contributed by atoms with Crippen molar-refractivity contribution in [2.45, 2.75) is 24.3 Å². The average Bonchev–Trinajstić information content (AvgIpc) is 3.44. The number of rotatable bonds is 3. The summed E-state index contributed by atoms with van der Waals surface area (Å²) < 4.78 is 27.4. The van der Waals surface area contributed by atoms with Gasteiger partial charge in [-0.05, 0) is 35.7 Å². The van der Waals surface area contributed by atoms with Crippen molar-refractivity contribution >= 4 is 17.5 Å². The van der Waals surface area contributed by atoms with Gasteiger partial charge in [0.05, 0.1) is 6.04 Å². The number of anilines is 1. The third-order valence-electron chi connectivity index (χ3n) is 6.19. The van der Waals surface area contributed by atoms with Gasteiger partial charge >= 0.3 is 0 Å². The second-order valence-corrected chi connectivity index (χ2v) is 7.79. The number of carbonyl (C=O) groups excluding carboxylic acids is 2. The molecule has 2 atom stereocenters. The van der Waals surface area contributed by atoms with Crippen LogP contribution in [0.2, 0.25) is 0 Å². The average molecular weight is 423 g/mol. The predicted octanol–water partition coefficient (Wildman–Crippen LogP) is 3.23. The molecule has 2 unspecified atom stereocenters. The Hall–Kier alpha value is -3.62. The summed E-state index contributed by atoms with van der Waals surface area (Å²) in [4.78, 5) is 32.6. The monoisotopic (exact) mass is 423 g/mol. The Labute approximate surface area is 176 Å². The predicted molar refractivity (Wildman–Crippen MR) is 108 cm³/mol. The molecule has 1 aromatic carbocycles. The van der Waals surface area contributed by atoms with Crippen LogP contribution in [0.5, 0.6) is 0 Å². The van der Waals surface area contributed by atoms with Crippen molar-refractivity contribution in [1.29, 1.82) is 0 Å². The lowest BCUT2D eigenvalue weighted by molar-refractivity contribution is -0.121. The van der Waals surface area contributed by atoms with Gasteiger partial charge in [-0.15, -0.1) is 0 Å². The Bertz CT molecular complexity index is 1180. The summed E-state index contributed by atoms with van der Waals surface area (Å²) in [6.45, 7) is 0.287. The first kappa shape index (κ1) is 19.3. The molecule has 1 spiro atoms. The van der Waals surface area contributed by atoms with Crippen molar-refractivity contribution in [3.63, 3.8) is 0 Å². The zero-order valence-corrected chi connectivity index (χ0v) is 16.6. The Balaban J connectivity index is 1.64. The van der Waals surface area contributed by atoms with Crippen molar-refractivity contribution in [2.24, 2.45) is 7.05 Å². The van der Waals surface area contributed by atoms with Crippen molar-refractivity contribution in [2.75, 3.05) is 11.9 Å². The van der Waals surface area contributed by atoms with Crippen LogP contribution in [0.25, 0.3) is 0 Å². The molecule has 0 radical (unpaired) electrons. The van der Waals surface area contributed by atoms with Crippen LogP contribution in [0.1, 0.15) is 46.2 Å². The highest BCUT2D eigenvalue weighted by Gasteiger charge is 2.59. The lowest BCUT2D eigenvalue weighted by Gasteiger charge is -2.34. The van der Waals surface area contributed by atoms with Gasteiger partial charge in [0, 0.05) is 31.7 Å². The van der Waals surface area contributed by atoms with E-state index in [1.165, 1.54) is 7.05 Å². The molecule has 1 saturated heterocycles. The first-order chi connectivity index (χ1) is 14.9. The Morgan fingerprint density at radius 1 is 1.26 bits per heavy atom. The molecule has 9 heteroatoms. The van der Waals surface area contributed by atoms with Crippen molar-refractivity contribution in [1.82, 2.24) is 19.7 Å². The van der Waals surface area contributed by atoms with E-state index >= 15 is 0 Å². The molecule has 2 aromatic heterocycles. The quantitative estimate of drug-likeness (QED) is 0.702. The van der Waals surface area contributed by atoms with E-state index in [2.05, 4.69) is 15.4 Å². The van der Waals surface area contributed by atoms with Gasteiger partial charge < -0.3 is 10.2 Å². The lowest BCUT2D eigenvalue weighted by atomic mass is 9.73. The highest BCUT2D eigenvalue weighted by atomic mass is 19.3. The summed E-state index contributed by atoms with van der Waals surface area (Å²) in [6.07, 6.45) is 0.885. The van der Waals surface area contributed by atoms with E-state index in [4.69, 9.17) is 0 Å². The van der Waals surface area contributed by atoms with E-state index in [9.17, 15) is 18.4 Å². The zero-order valence-electron chi connectivity index (χ0n) is 16.6. The Morgan fingerprint density at radius 2 is 2.06 bits per heavy atom. The molecule has 3 aromatic rings. The molecular formula is C22H19F2N5O2. The number of para-hydroxylation sites is 1. The van der Waals surface area contributed by atoms with E-state index in [1.54, 1.807) is 23.4 Å². The summed E-state index contributed by atoms with van der Waals surface area (Å²) >= 11 is 0. The van der Waals surface area contributed by atoms with E-state index in [0.29, 0.717) is 12.0 Å². The van der Waals surface area contributed by atoms with Crippen LogP contribution in [0.3, 0.4) is 0 Å². The number of likely N-dealkylation sites (tertiary alicyclic amines) is 1. The molecule has 2 aliphatic rings. The first-order valence-electron chi connectivity index (χ1n) is 9.87. The highest BCUT2D eigenvalue weighted by Crippen LogP contribution is 2.54. The van der Waals surface area contributed by atoms with Crippen LogP contribution in [0.4, 0.5) is 14.5 Å². The standard InChI is InChI=1S/C22H19F2N5O2/c1-28-17(11-16(27-28)19(23)24)20(30)29-10-8-22(18(29)13-5-4-9-25-12-13)14-6-2-3-7-15(14)26-21(22)31/h2-7,9,11-12,18-19H,8,10H2,1H3,(H,26,31). The SMILES string of the molecule is Cn1nc(C(F)F)cc1C(=O)N1CCC2(C(=O)Nc3ccccc32)C1c1cccnc1. The van der Waals surface area contributed by atoms with E-state index in [-0.39, 0.29) is 18.1 Å². The number of nitrogens with zero attached hydrogens (tertiary/aromatic N) is 4. The topological polar surface area (TPSA) is 80.1 Å². The molecule has 0 saturated carbocycles. The number of benzene rings is 1. The van der Waals surface area contributed by atoms with Gasteiger partial charge in [0.15, 0.2) is 0 Å². The number of hydrogen-bond acceptors (Lipinski definition) is 4. The summed E-state index contributed by atoms with van der Waals surface area (Å²) in [5, 5.41) is 6.71. The van der Waals surface area contributed by atoms with Gasteiger partial charge in [-0.2, -0.15) is 5.10 Å². The molecular weight excluding hydrogens is 404 g/mol. The molecule has 158 valence electrons. The van der Waals surface area contributed by atoms with Crippen LogP contribution >= 0.6 is 0 Å². The summed E-state index contributed by atoms with van der Waals surface area (Å²) in [5.74, 6) is -0.638. The molecule has 1 N–H and O–H groups in total. The number of halogens is 2. The van der Waals surface area contributed by atoms with Gasteiger partial charge in [0.25, 0.3) is 12.3 Å². The third kappa shape index (κ3) is 2.76. The normalized spacial score (nSPS) is 22.3. The maximum Gasteiger partial charge on any atom is 0.282 e. The number of alkyl halides is 2. The molecule has 7 nitrogen and oxygen atoms in total. The van der Waals surface area contributed by atoms with Gasteiger partial charge in [-0.1, -0.05) is 24.3 Å². The number of fused-ring (bicyclic) bond motifs is 2. The minimum Gasteiger partial charge on any atom is -0.329 e. The third-order valence-corrected chi connectivity index (χ3v) is 6.19. The van der Waals surface area contributed by atoms with Gasteiger partial charge in [-0.3, -0.25) is 19.3 Å². The number of pyridine rings is 1. The Morgan fingerprint density at radius 3 is 2.77 bits per heavy atom. The summed E-state index contributed by atoms with van der Waals surface area (Å²) in [6, 6.07) is 11.5. The largest absolute Gasteiger partial charge is 0.329 e. The van der Waals surface area contributed by atoms with Crippen molar-refractivity contribution in [3.05, 3.63) is 77.4 Å². The first-order valence-corrected chi connectivity index (χ1v) is 9.87. The Kier molecular flexibility index (Phi) is 4.35. The van der Waals surface area contributed by atoms with Crippen molar-refractivity contribution < 1.29 is 18.4 Å². The van der Waals surface area contributed by atoms with Gasteiger partial charge in [0.2, 0.25) is 5.91 Å². The zero-order chi connectivity index (χ0) is 21.8. The fourth-order valence-corrected chi connectivity index (χ4v) is 4.85. The van der Waals surface area contributed by atoms with E-state index in [1.807, 2.05) is 30.3 Å². The molecule has 2 amide bonds. The summed E-state index contributed by atoms with van der Waals surface area (Å²) in [5.41, 5.74) is 0.851. The highest BCUT2D eigenvalue weighted by molar-refractivity contribution is 6.08. The minimum absolute atomic E-state index is 0.0490. The van der Waals surface area contributed by atoms with Crippen LogP contribution in [-0.4, -0.2) is 38.0 Å². The van der Waals surface area contributed by atoms with Gasteiger partial charge in [-0.25, -0.2) is 8.78 Å². The van der Waals surface area contributed by atoms with Crippen LogP contribution < -0.4 is 5.32 Å². The molecule has 31 heavy (non-hydrogen) atoms. The van der Waals surface area contributed by atoms with E-state index in [0.717, 1.165) is 22.0 Å². The number of nitrogens with one attached hydrogen (secondary N) is 1. The fourth-order valence-electron chi connectivity index (χ4n) is 4.85. The number of amides is 2. The van der Waals surface area contributed by atoms with Crippen LogP contribution in [0, 0.1) is 0 Å². The number of aryl methyl sites for hydroxylation is 1. The minimum atomic E-state index is -2.78. The lowest BCUT2D eigenvalue weighted by Crippen LogP contribution is -2.43. The molecule has 0 aliphatic carbocycles. The second kappa shape index (κ2) is 6.97. The molecule has 4 heterocycles. The molecule has 1 fully saturated rings. The second-order valence-electron chi connectivity index (χ2n) is 7.79.